The Bertz CT molecular complexity index is 192. The molecular formula is C24H49O. The fourth-order valence-corrected chi connectivity index (χ4v) is 3.38. The molecule has 1 heteroatoms. The summed E-state index contributed by atoms with van der Waals surface area (Å²) in [5, 5.41) is 0. The third kappa shape index (κ3) is 24.0. The summed E-state index contributed by atoms with van der Waals surface area (Å²) in [6.07, 6.45) is 27.9. The van der Waals surface area contributed by atoms with Gasteiger partial charge in [0.1, 0.15) is 0 Å². The molecule has 0 heterocycles. The van der Waals surface area contributed by atoms with Crippen LogP contribution >= 0.6 is 0 Å². The van der Waals surface area contributed by atoms with Gasteiger partial charge in [-0.25, -0.2) is 0 Å². The Kier molecular flexibility index (Phi) is 23.9. The van der Waals surface area contributed by atoms with E-state index in [1.165, 1.54) is 122 Å². The highest BCUT2D eigenvalue weighted by Gasteiger charge is 1.95. The van der Waals surface area contributed by atoms with Gasteiger partial charge in [-0.15, -0.1) is 0 Å². The molecule has 0 saturated heterocycles. The summed E-state index contributed by atoms with van der Waals surface area (Å²) in [6, 6.07) is 0. The zero-order valence-corrected chi connectivity index (χ0v) is 17.8. The average molecular weight is 354 g/mol. The molecule has 0 N–H and O–H groups in total. The highest BCUT2D eigenvalue weighted by molar-refractivity contribution is 4.53. The maximum Gasteiger partial charge on any atom is 0.0836 e. The molecule has 0 aromatic heterocycles. The number of hydrogen-bond acceptors (Lipinski definition) is 1. The van der Waals surface area contributed by atoms with E-state index in [0.717, 1.165) is 13.0 Å². The SMILES string of the molecule is CCCCC[CH]OCCCCCCCCCCCCCCCCCC. The van der Waals surface area contributed by atoms with Crippen LogP contribution in [0.25, 0.3) is 0 Å². The zero-order chi connectivity index (χ0) is 18.3. The van der Waals surface area contributed by atoms with E-state index in [0.29, 0.717) is 0 Å². The first-order valence-corrected chi connectivity index (χ1v) is 11.8. The lowest BCUT2D eigenvalue weighted by Gasteiger charge is -2.04. The Morgan fingerprint density at radius 2 is 0.800 bits per heavy atom. The standard InChI is InChI=1S/C24H49O/c1-3-5-7-9-10-11-12-13-14-15-16-17-18-19-20-22-24-25-23-21-8-6-4-2/h23H,3-22,24H2,1-2H3. The Hall–Kier alpha value is -0.0400. The minimum absolute atomic E-state index is 0.935. The molecule has 0 aliphatic carbocycles. The van der Waals surface area contributed by atoms with Crippen molar-refractivity contribution in [3.05, 3.63) is 6.61 Å². The van der Waals surface area contributed by atoms with Crippen LogP contribution in [0, 0.1) is 6.61 Å². The van der Waals surface area contributed by atoms with Crippen LogP contribution < -0.4 is 0 Å². The molecule has 151 valence electrons. The van der Waals surface area contributed by atoms with Crippen LogP contribution in [0.2, 0.25) is 0 Å². The van der Waals surface area contributed by atoms with Crippen molar-refractivity contribution >= 4 is 0 Å². The monoisotopic (exact) mass is 353 g/mol. The maximum absolute atomic E-state index is 5.57. The van der Waals surface area contributed by atoms with Crippen LogP contribution in [-0.2, 0) is 4.74 Å². The Morgan fingerprint density at radius 3 is 1.24 bits per heavy atom. The Morgan fingerprint density at radius 1 is 0.440 bits per heavy atom. The van der Waals surface area contributed by atoms with E-state index in [-0.39, 0.29) is 0 Å². The molecule has 25 heavy (non-hydrogen) atoms. The second-order valence-electron chi connectivity index (χ2n) is 7.84. The molecule has 0 aromatic carbocycles. The van der Waals surface area contributed by atoms with E-state index in [4.69, 9.17) is 4.74 Å². The molecular weight excluding hydrogens is 304 g/mol. The highest BCUT2D eigenvalue weighted by Crippen LogP contribution is 2.13. The number of hydrogen-bond donors (Lipinski definition) is 0. The predicted molar refractivity (Wildman–Crippen MR) is 114 cm³/mol. The number of rotatable bonds is 22. The van der Waals surface area contributed by atoms with E-state index < -0.39 is 0 Å². The third-order valence-electron chi connectivity index (χ3n) is 5.16. The van der Waals surface area contributed by atoms with Crippen molar-refractivity contribution in [3.63, 3.8) is 0 Å². The van der Waals surface area contributed by atoms with Crippen LogP contribution in [0.15, 0.2) is 0 Å². The molecule has 0 aliphatic rings. The smallest absolute Gasteiger partial charge is 0.0836 e. The molecule has 1 nitrogen and oxygen atoms in total. The summed E-state index contributed by atoms with van der Waals surface area (Å²) in [5.74, 6) is 0. The van der Waals surface area contributed by atoms with Crippen molar-refractivity contribution in [3.8, 4) is 0 Å². The van der Waals surface area contributed by atoms with Gasteiger partial charge in [0.15, 0.2) is 0 Å². The highest BCUT2D eigenvalue weighted by atomic mass is 16.5. The van der Waals surface area contributed by atoms with Gasteiger partial charge in [-0.2, -0.15) is 0 Å². The lowest BCUT2D eigenvalue weighted by Crippen LogP contribution is -1.92. The first kappa shape index (κ1) is 25.0. The van der Waals surface area contributed by atoms with Gasteiger partial charge in [0.25, 0.3) is 0 Å². The lowest BCUT2D eigenvalue weighted by atomic mass is 10.0. The van der Waals surface area contributed by atoms with Crippen LogP contribution in [0.4, 0.5) is 0 Å². The normalized spacial score (nSPS) is 11.3. The minimum Gasteiger partial charge on any atom is -0.376 e. The van der Waals surface area contributed by atoms with Crippen molar-refractivity contribution in [1.29, 1.82) is 0 Å². The molecule has 0 rings (SSSR count). The summed E-state index contributed by atoms with van der Waals surface area (Å²) >= 11 is 0. The van der Waals surface area contributed by atoms with Crippen molar-refractivity contribution in [2.75, 3.05) is 6.61 Å². The summed E-state index contributed by atoms with van der Waals surface area (Å²) in [5.41, 5.74) is 0. The van der Waals surface area contributed by atoms with Crippen molar-refractivity contribution < 1.29 is 4.74 Å². The van der Waals surface area contributed by atoms with Crippen molar-refractivity contribution in [1.82, 2.24) is 0 Å². The van der Waals surface area contributed by atoms with Gasteiger partial charge in [0.2, 0.25) is 0 Å². The van der Waals surface area contributed by atoms with E-state index in [1.54, 1.807) is 0 Å². The fraction of sp³-hybridized carbons (Fsp3) is 0.958. The maximum atomic E-state index is 5.57. The molecule has 1 radical (unpaired) electrons. The largest absolute Gasteiger partial charge is 0.376 e. The van der Waals surface area contributed by atoms with Gasteiger partial charge in [0.05, 0.1) is 6.61 Å². The average Bonchev–Trinajstić information content (AvgIpc) is 2.63. The van der Waals surface area contributed by atoms with Gasteiger partial charge >= 0.3 is 0 Å². The Balaban J connectivity index is 2.94. The molecule has 0 amide bonds. The van der Waals surface area contributed by atoms with Gasteiger partial charge in [-0.05, 0) is 12.8 Å². The topological polar surface area (TPSA) is 9.23 Å². The minimum atomic E-state index is 0.935. The Labute approximate surface area is 160 Å². The number of unbranched alkanes of at least 4 members (excludes halogenated alkanes) is 18. The van der Waals surface area contributed by atoms with Crippen LogP contribution in [0.3, 0.4) is 0 Å². The quantitative estimate of drug-likeness (QED) is 0.176. The van der Waals surface area contributed by atoms with Gasteiger partial charge in [-0.1, -0.05) is 129 Å². The summed E-state index contributed by atoms with van der Waals surface area (Å²) in [6.45, 7) is 7.51. The second-order valence-corrected chi connectivity index (χ2v) is 7.84. The summed E-state index contributed by atoms with van der Waals surface area (Å²) < 4.78 is 5.57. The third-order valence-corrected chi connectivity index (χ3v) is 5.16. The van der Waals surface area contributed by atoms with Crippen LogP contribution in [0.1, 0.15) is 142 Å². The molecule has 0 fully saturated rings. The molecule has 0 spiro atoms. The van der Waals surface area contributed by atoms with Gasteiger partial charge in [0, 0.05) is 6.61 Å². The van der Waals surface area contributed by atoms with E-state index in [1.807, 2.05) is 6.61 Å². The van der Waals surface area contributed by atoms with Crippen molar-refractivity contribution in [2.45, 2.75) is 142 Å². The number of ether oxygens (including phenoxy) is 1. The molecule has 0 aliphatic heterocycles. The first-order chi connectivity index (χ1) is 12.4. The van der Waals surface area contributed by atoms with Gasteiger partial charge < -0.3 is 4.74 Å². The van der Waals surface area contributed by atoms with E-state index in [9.17, 15) is 0 Å². The molecule has 0 bridgehead atoms. The summed E-state index contributed by atoms with van der Waals surface area (Å²) in [4.78, 5) is 0. The second kappa shape index (κ2) is 24.0. The first-order valence-electron chi connectivity index (χ1n) is 11.8. The van der Waals surface area contributed by atoms with E-state index in [2.05, 4.69) is 13.8 Å². The van der Waals surface area contributed by atoms with E-state index >= 15 is 0 Å². The molecule has 0 unspecified atom stereocenters. The van der Waals surface area contributed by atoms with Crippen LogP contribution in [-0.4, -0.2) is 6.61 Å². The van der Waals surface area contributed by atoms with Crippen LogP contribution in [0.5, 0.6) is 0 Å². The predicted octanol–water partition coefficient (Wildman–Crippen LogP) is 9.01. The summed E-state index contributed by atoms with van der Waals surface area (Å²) in [7, 11) is 0. The lowest BCUT2D eigenvalue weighted by molar-refractivity contribution is 0.184. The zero-order valence-electron chi connectivity index (χ0n) is 17.8. The molecule has 0 atom stereocenters. The fourth-order valence-electron chi connectivity index (χ4n) is 3.38. The molecule has 0 saturated carbocycles. The molecule has 0 aromatic rings. The van der Waals surface area contributed by atoms with Gasteiger partial charge in [-0.3, -0.25) is 0 Å². The van der Waals surface area contributed by atoms with Crippen molar-refractivity contribution in [2.24, 2.45) is 0 Å².